The summed E-state index contributed by atoms with van der Waals surface area (Å²) < 4.78 is 11.0. The van der Waals surface area contributed by atoms with Crippen molar-refractivity contribution in [2.45, 2.75) is 25.2 Å². The van der Waals surface area contributed by atoms with Crippen LogP contribution < -0.4 is 0 Å². The summed E-state index contributed by atoms with van der Waals surface area (Å²) in [5, 5.41) is 8.52. The van der Waals surface area contributed by atoms with Crippen LogP contribution in [0.25, 0.3) is 0 Å². The zero-order valence-electron chi connectivity index (χ0n) is 8.43. The Bertz CT molecular complexity index is 344. The van der Waals surface area contributed by atoms with Crippen LogP contribution in [0.5, 0.6) is 0 Å². The fourth-order valence-corrected chi connectivity index (χ4v) is 1.63. The van der Waals surface area contributed by atoms with E-state index < -0.39 is 0 Å². The van der Waals surface area contributed by atoms with Gasteiger partial charge in [-0.25, -0.2) is 0 Å². The van der Waals surface area contributed by atoms with Gasteiger partial charge in [0.15, 0.2) is 6.29 Å². The summed E-state index contributed by atoms with van der Waals surface area (Å²) >= 11 is 0. The van der Waals surface area contributed by atoms with E-state index in [2.05, 4.69) is 6.07 Å². The molecule has 1 aliphatic heterocycles. The third-order valence-corrected chi connectivity index (χ3v) is 2.38. The van der Waals surface area contributed by atoms with Crippen molar-refractivity contribution < 1.29 is 9.47 Å². The maximum absolute atomic E-state index is 8.52. The van der Waals surface area contributed by atoms with Crippen LogP contribution in [0.3, 0.4) is 0 Å². The summed E-state index contributed by atoms with van der Waals surface area (Å²) in [5.74, 6) is 0. The topological polar surface area (TPSA) is 42.2 Å². The predicted octanol–water partition coefficient (Wildman–Crippen LogP) is 1.88. The molecule has 2 rings (SSSR count). The van der Waals surface area contributed by atoms with Gasteiger partial charge in [-0.3, -0.25) is 0 Å². The molecule has 0 aliphatic carbocycles. The minimum Gasteiger partial charge on any atom is -0.350 e. The monoisotopic (exact) mass is 203 g/mol. The van der Waals surface area contributed by atoms with Gasteiger partial charge >= 0.3 is 0 Å². The summed E-state index contributed by atoms with van der Waals surface area (Å²) in [4.78, 5) is 0. The molecule has 78 valence electrons. The van der Waals surface area contributed by atoms with Gasteiger partial charge in [0.05, 0.1) is 25.2 Å². The van der Waals surface area contributed by atoms with Gasteiger partial charge in [-0.15, -0.1) is 0 Å². The first-order valence-corrected chi connectivity index (χ1v) is 5.06. The van der Waals surface area contributed by atoms with Gasteiger partial charge < -0.3 is 9.47 Å². The fraction of sp³-hybridized carbons (Fsp3) is 0.417. The van der Waals surface area contributed by atoms with Crippen molar-refractivity contribution in [1.82, 2.24) is 0 Å². The van der Waals surface area contributed by atoms with Gasteiger partial charge in [-0.1, -0.05) is 30.3 Å². The third-order valence-electron chi connectivity index (χ3n) is 2.38. The van der Waals surface area contributed by atoms with Gasteiger partial charge in [0.1, 0.15) is 0 Å². The number of nitrogens with zero attached hydrogens (tertiary/aromatic N) is 1. The second-order valence-corrected chi connectivity index (χ2v) is 3.57. The highest BCUT2D eigenvalue weighted by molar-refractivity contribution is 5.15. The highest BCUT2D eigenvalue weighted by atomic mass is 16.7. The van der Waals surface area contributed by atoms with Gasteiger partial charge in [0.2, 0.25) is 0 Å². The van der Waals surface area contributed by atoms with E-state index in [1.165, 1.54) is 5.56 Å². The zero-order chi connectivity index (χ0) is 10.5. The van der Waals surface area contributed by atoms with E-state index in [1.54, 1.807) is 0 Å². The molecule has 0 saturated carbocycles. The molecule has 1 aromatic rings. The number of rotatable bonds is 3. The molecule has 1 saturated heterocycles. The van der Waals surface area contributed by atoms with Crippen LogP contribution in [0, 0.1) is 11.3 Å². The first-order chi connectivity index (χ1) is 7.38. The Hall–Kier alpha value is -1.37. The van der Waals surface area contributed by atoms with E-state index in [9.17, 15) is 0 Å². The van der Waals surface area contributed by atoms with E-state index >= 15 is 0 Å². The molecule has 0 bridgehead atoms. The first-order valence-electron chi connectivity index (χ1n) is 5.06. The average Bonchev–Trinajstić information content (AvgIpc) is 2.68. The minimum atomic E-state index is -0.189. The Labute approximate surface area is 89.2 Å². The summed E-state index contributed by atoms with van der Waals surface area (Å²) in [6.45, 7) is 0.533. The maximum Gasteiger partial charge on any atom is 0.162 e. The highest BCUT2D eigenvalue weighted by Gasteiger charge is 2.25. The Morgan fingerprint density at radius 2 is 2.13 bits per heavy atom. The molecular formula is C12H13NO2. The summed E-state index contributed by atoms with van der Waals surface area (Å²) in [5.41, 5.74) is 1.19. The second-order valence-electron chi connectivity index (χ2n) is 3.57. The van der Waals surface area contributed by atoms with Crippen molar-refractivity contribution in [1.29, 1.82) is 5.26 Å². The summed E-state index contributed by atoms with van der Waals surface area (Å²) in [7, 11) is 0. The van der Waals surface area contributed by atoms with E-state index in [4.69, 9.17) is 14.7 Å². The SMILES string of the molecule is N#CCC1COC(Cc2ccccc2)O1. The van der Waals surface area contributed by atoms with Crippen LogP contribution in [0.15, 0.2) is 30.3 Å². The van der Waals surface area contributed by atoms with Crippen LogP contribution >= 0.6 is 0 Å². The fourth-order valence-electron chi connectivity index (χ4n) is 1.63. The zero-order valence-corrected chi connectivity index (χ0v) is 8.43. The van der Waals surface area contributed by atoms with Crippen molar-refractivity contribution in [3.05, 3.63) is 35.9 Å². The Morgan fingerprint density at radius 1 is 1.33 bits per heavy atom. The molecule has 0 N–H and O–H groups in total. The normalized spacial score (nSPS) is 25.0. The molecule has 1 aliphatic rings. The minimum absolute atomic E-state index is 0.0521. The van der Waals surface area contributed by atoms with Gasteiger partial charge in [-0.2, -0.15) is 5.26 Å². The van der Waals surface area contributed by atoms with Gasteiger partial charge in [0.25, 0.3) is 0 Å². The lowest BCUT2D eigenvalue weighted by Gasteiger charge is -2.09. The predicted molar refractivity (Wildman–Crippen MR) is 55.0 cm³/mol. The number of ether oxygens (including phenoxy) is 2. The molecule has 0 radical (unpaired) electrons. The number of benzene rings is 1. The van der Waals surface area contributed by atoms with Crippen LogP contribution in [-0.4, -0.2) is 19.0 Å². The molecule has 3 nitrogen and oxygen atoms in total. The third kappa shape index (κ3) is 2.79. The van der Waals surface area contributed by atoms with Gasteiger partial charge in [-0.05, 0) is 5.56 Å². The molecule has 0 spiro atoms. The average molecular weight is 203 g/mol. The van der Waals surface area contributed by atoms with Crippen LogP contribution in [0.4, 0.5) is 0 Å². The van der Waals surface area contributed by atoms with E-state index in [1.807, 2.05) is 30.3 Å². The molecule has 15 heavy (non-hydrogen) atoms. The summed E-state index contributed by atoms with van der Waals surface area (Å²) in [6, 6.07) is 12.2. The van der Waals surface area contributed by atoms with Crippen LogP contribution in [0.1, 0.15) is 12.0 Å². The van der Waals surface area contributed by atoms with Crippen molar-refractivity contribution >= 4 is 0 Å². The second kappa shape index (κ2) is 4.92. The number of hydrogen-bond acceptors (Lipinski definition) is 3. The van der Waals surface area contributed by atoms with Crippen molar-refractivity contribution in [3.8, 4) is 6.07 Å². The van der Waals surface area contributed by atoms with Crippen molar-refractivity contribution in [3.63, 3.8) is 0 Å². The van der Waals surface area contributed by atoms with Crippen LogP contribution in [0.2, 0.25) is 0 Å². The Morgan fingerprint density at radius 3 is 2.87 bits per heavy atom. The molecule has 2 unspecified atom stereocenters. The number of hydrogen-bond donors (Lipinski definition) is 0. The van der Waals surface area contributed by atoms with Crippen molar-refractivity contribution in [2.75, 3.05) is 6.61 Å². The van der Waals surface area contributed by atoms with E-state index in [0.717, 1.165) is 6.42 Å². The lowest BCUT2D eigenvalue weighted by molar-refractivity contribution is -0.0548. The van der Waals surface area contributed by atoms with Crippen LogP contribution in [-0.2, 0) is 15.9 Å². The van der Waals surface area contributed by atoms with E-state index in [0.29, 0.717) is 13.0 Å². The molecule has 1 heterocycles. The first kappa shape index (κ1) is 10.2. The summed E-state index contributed by atoms with van der Waals surface area (Å²) in [6.07, 6.45) is 0.920. The largest absolute Gasteiger partial charge is 0.350 e. The molecule has 0 amide bonds. The lowest BCUT2D eigenvalue weighted by atomic mass is 10.1. The smallest absolute Gasteiger partial charge is 0.162 e. The number of nitriles is 1. The molecule has 0 aromatic heterocycles. The highest BCUT2D eigenvalue weighted by Crippen LogP contribution is 2.17. The van der Waals surface area contributed by atoms with E-state index in [-0.39, 0.29) is 12.4 Å². The molecule has 1 aromatic carbocycles. The molecule has 3 heteroatoms. The maximum atomic E-state index is 8.52. The lowest BCUT2D eigenvalue weighted by Crippen LogP contribution is -2.14. The molecular weight excluding hydrogens is 190 g/mol. The van der Waals surface area contributed by atoms with Gasteiger partial charge in [0, 0.05) is 6.42 Å². The molecule has 1 fully saturated rings. The Kier molecular flexibility index (Phi) is 3.33. The quantitative estimate of drug-likeness (QED) is 0.753. The molecule has 2 atom stereocenters. The van der Waals surface area contributed by atoms with Crippen molar-refractivity contribution in [2.24, 2.45) is 0 Å². The standard InChI is InChI=1S/C12H13NO2/c13-7-6-11-9-14-12(15-11)8-10-4-2-1-3-5-10/h1-5,11-12H,6,8-9H2. The Balaban J connectivity index is 1.85.